The Balaban J connectivity index is 1.66. The Bertz CT molecular complexity index is 883. The molecule has 0 aliphatic rings. The molecule has 1 aromatic carbocycles. The zero-order chi connectivity index (χ0) is 20.6. The summed E-state index contributed by atoms with van der Waals surface area (Å²) in [6.45, 7) is 1.62. The molecule has 0 aliphatic heterocycles. The summed E-state index contributed by atoms with van der Waals surface area (Å²) in [5.74, 6) is -1.48. The molecule has 10 heteroatoms. The number of benzene rings is 1. The van der Waals surface area contributed by atoms with Crippen molar-refractivity contribution in [2.24, 2.45) is 0 Å². The molecule has 28 heavy (non-hydrogen) atoms. The van der Waals surface area contributed by atoms with Crippen LogP contribution in [0.2, 0.25) is 0 Å². The average molecular weight is 429 g/mol. The van der Waals surface area contributed by atoms with Gasteiger partial charge in [0.25, 0.3) is 5.91 Å². The summed E-state index contributed by atoms with van der Waals surface area (Å²) in [6.07, 6.45) is -0.691. The Morgan fingerprint density at radius 3 is 2.54 bits per heavy atom. The van der Waals surface area contributed by atoms with Gasteiger partial charge in [0.05, 0.1) is 6.42 Å². The number of thiophene rings is 1. The van der Waals surface area contributed by atoms with Gasteiger partial charge in [-0.15, -0.1) is 11.3 Å². The van der Waals surface area contributed by atoms with Crippen LogP contribution in [0.4, 0.5) is 4.39 Å². The maximum Gasteiger partial charge on any atom is 0.307 e. The lowest BCUT2D eigenvalue weighted by molar-refractivity contribution is -0.154. The van der Waals surface area contributed by atoms with Gasteiger partial charge >= 0.3 is 5.97 Å². The first-order valence-electron chi connectivity index (χ1n) is 8.53. The van der Waals surface area contributed by atoms with Gasteiger partial charge in [0, 0.05) is 13.1 Å². The van der Waals surface area contributed by atoms with E-state index in [-0.39, 0.29) is 23.0 Å². The van der Waals surface area contributed by atoms with E-state index in [0.717, 1.165) is 16.9 Å². The zero-order valence-electron chi connectivity index (χ0n) is 15.2. The molecule has 0 fully saturated rings. The maximum atomic E-state index is 12.8. The molecule has 0 bridgehead atoms. The van der Waals surface area contributed by atoms with E-state index in [4.69, 9.17) is 4.74 Å². The third-order valence-electron chi connectivity index (χ3n) is 3.68. The van der Waals surface area contributed by atoms with Gasteiger partial charge in [0.1, 0.15) is 10.0 Å². The number of halogens is 1. The first kappa shape index (κ1) is 22.0. The predicted molar refractivity (Wildman–Crippen MR) is 103 cm³/mol. The van der Waals surface area contributed by atoms with E-state index in [0.29, 0.717) is 13.0 Å². The van der Waals surface area contributed by atoms with Crippen LogP contribution in [0.25, 0.3) is 0 Å². The third kappa shape index (κ3) is 7.02. The van der Waals surface area contributed by atoms with E-state index in [2.05, 4.69) is 10.0 Å². The average Bonchev–Trinajstić information content (AvgIpc) is 3.18. The molecule has 1 unspecified atom stereocenters. The van der Waals surface area contributed by atoms with Crippen molar-refractivity contribution in [1.82, 2.24) is 10.0 Å². The molecular formula is C18H21FN2O5S2. The molecule has 2 N–H and O–H groups in total. The van der Waals surface area contributed by atoms with Crippen LogP contribution in [-0.2, 0) is 30.8 Å². The molecular weight excluding hydrogens is 407 g/mol. The van der Waals surface area contributed by atoms with Crippen molar-refractivity contribution in [2.75, 3.05) is 13.1 Å². The molecule has 1 atom stereocenters. The molecule has 0 radical (unpaired) electrons. The molecule has 2 rings (SSSR count). The number of rotatable bonds is 10. The number of amides is 1. The lowest BCUT2D eigenvalue weighted by Crippen LogP contribution is -2.37. The number of nitrogens with one attached hydrogen (secondary N) is 2. The van der Waals surface area contributed by atoms with Crippen molar-refractivity contribution in [3.63, 3.8) is 0 Å². The van der Waals surface area contributed by atoms with Crippen molar-refractivity contribution >= 4 is 33.2 Å². The smallest absolute Gasteiger partial charge is 0.307 e. The summed E-state index contributed by atoms with van der Waals surface area (Å²) in [4.78, 5) is 23.7. The summed E-state index contributed by atoms with van der Waals surface area (Å²) >= 11 is 1.07. The lowest BCUT2D eigenvalue weighted by atomic mass is 10.1. The van der Waals surface area contributed by atoms with Crippen LogP contribution < -0.4 is 10.0 Å². The van der Waals surface area contributed by atoms with Gasteiger partial charge in [-0.3, -0.25) is 9.59 Å². The summed E-state index contributed by atoms with van der Waals surface area (Å²) in [5, 5.41) is 4.27. The molecule has 2 aromatic rings. The summed E-state index contributed by atoms with van der Waals surface area (Å²) in [6, 6.07) is 9.01. The molecule has 152 valence electrons. The van der Waals surface area contributed by atoms with E-state index >= 15 is 0 Å². The highest BCUT2D eigenvalue weighted by atomic mass is 32.2. The van der Waals surface area contributed by atoms with Crippen LogP contribution in [0.1, 0.15) is 18.9 Å². The van der Waals surface area contributed by atoms with Crippen LogP contribution in [0.15, 0.2) is 46.0 Å². The Morgan fingerprint density at radius 1 is 1.18 bits per heavy atom. The Morgan fingerprint density at radius 2 is 1.89 bits per heavy atom. The van der Waals surface area contributed by atoms with Gasteiger partial charge in [0.15, 0.2) is 6.10 Å². The van der Waals surface area contributed by atoms with Crippen molar-refractivity contribution in [3.05, 3.63) is 53.2 Å². The molecule has 0 saturated carbocycles. The van der Waals surface area contributed by atoms with E-state index < -0.39 is 28.0 Å². The fourth-order valence-electron chi connectivity index (χ4n) is 2.21. The number of carbonyl (C=O) groups is 2. The number of carbonyl (C=O) groups excluding carboxylic acids is 2. The number of sulfonamides is 1. The van der Waals surface area contributed by atoms with Crippen LogP contribution in [0.3, 0.4) is 0 Å². The second kappa shape index (κ2) is 10.3. The second-order valence-electron chi connectivity index (χ2n) is 5.88. The molecule has 7 nitrogen and oxygen atoms in total. The van der Waals surface area contributed by atoms with Crippen LogP contribution >= 0.6 is 11.3 Å². The normalized spacial score (nSPS) is 12.4. The van der Waals surface area contributed by atoms with E-state index in [9.17, 15) is 22.4 Å². The number of hydrogen-bond acceptors (Lipinski definition) is 6. The highest BCUT2D eigenvalue weighted by Gasteiger charge is 2.19. The van der Waals surface area contributed by atoms with Crippen LogP contribution in [0.5, 0.6) is 0 Å². The molecule has 1 amide bonds. The first-order valence-corrected chi connectivity index (χ1v) is 10.9. The Kier molecular flexibility index (Phi) is 8.09. The standard InChI is InChI=1S/C18H21FN2O5S2/c1-13(18(23)20-10-8-14-4-6-15(19)7-5-14)26-16(22)9-11-21-28(24,25)17-3-2-12-27-17/h2-7,12-13,21H,8-11H2,1H3,(H,20,23). The van der Waals surface area contributed by atoms with Gasteiger partial charge in [-0.2, -0.15) is 0 Å². The lowest BCUT2D eigenvalue weighted by Gasteiger charge is -2.13. The topological polar surface area (TPSA) is 102 Å². The summed E-state index contributed by atoms with van der Waals surface area (Å²) in [7, 11) is -3.64. The number of esters is 1. The minimum atomic E-state index is -3.64. The van der Waals surface area contributed by atoms with Crippen molar-refractivity contribution in [1.29, 1.82) is 0 Å². The Hall–Kier alpha value is -2.30. The first-order chi connectivity index (χ1) is 13.3. The SMILES string of the molecule is CC(OC(=O)CCNS(=O)(=O)c1cccs1)C(=O)NCCc1ccc(F)cc1. The second-order valence-corrected chi connectivity index (χ2v) is 8.82. The fourth-order valence-corrected chi connectivity index (χ4v) is 4.28. The maximum absolute atomic E-state index is 12.8. The third-order valence-corrected chi connectivity index (χ3v) is 6.54. The minimum absolute atomic E-state index is 0.127. The zero-order valence-corrected chi connectivity index (χ0v) is 16.8. The highest BCUT2D eigenvalue weighted by Crippen LogP contribution is 2.15. The molecule has 0 aliphatic carbocycles. The van der Waals surface area contributed by atoms with Crippen LogP contribution in [-0.4, -0.2) is 39.5 Å². The van der Waals surface area contributed by atoms with Gasteiger partial charge in [-0.05, 0) is 42.5 Å². The van der Waals surface area contributed by atoms with E-state index in [1.165, 1.54) is 25.1 Å². The van der Waals surface area contributed by atoms with E-state index in [1.54, 1.807) is 23.6 Å². The van der Waals surface area contributed by atoms with Gasteiger partial charge < -0.3 is 10.1 Å². The van der Waals surface area contributed by atoms with Crippen molar-refractivity contribution < 1.29 is 27.1 Å². The quantitative estimate of drug-likeness (QED) is 0.563. The molecule has 1 heterocycles. The monoisotopic (exact) mass is 428 g/mol. The highest BCUT2D eigenvalue weighted by molar-refractivity contribution is 7.91. The predicted octanol–water partition coefficient (Wildman–Crippen LogP) is 1.85. The van der Waals surface area contributed by atoms with Crippen LogP contribution in [0, 0.1) is 5.82 Å². The van der Waals surface area contributed by atoms with E-state index in [1.807, 2.05) is 0 Å². The van der Waals surface area contributed by atoms with Gasteiger partial charge in [-0.25, -0.2) is 17.5 Å². The van der Waals surface area contributed by atoms with Crippen molar-refractivity contribution in [2.45, 2.75) is 30.1 Å². The largest absolute Gasteiger partial charge is 0.453 e. The molecule has 1 aromatic heterocycles. The molecule has 0 spiro atoms. The number of ether oxygens (including phenoxy) is 1. The minimum Gasteiger partial charge on any atom is -0.453 e. The Labute approximate surface area is 167 Å². The van der Waals surface area contributed by atoms with Crippen molar-refractivity contribution in [3.8, 4) is 0 Å². The molecule has 0 saturated heterocycles. The fraction of sp³-hybridized carbons (Fsp3) is 0.333. The number of hydrogen-bond donors (Lipinski definition) is 2. The summed E-state index contributed by atoms with van der Waals surface area (Å²) < 4.78 is 44.1. The summed E-state index contributed by atoms with van der Waals surface area (Å²) in [5.41, 5.74) is 0.865. The van der Waals surface area contributed by atoms with Gasteiger partial charge in [-0.1, -0.05) is 18.2 Å². The van der Waals surface area contributed by atoms with Gasteiger partial charge in [0.2, 0.25) is 10.0 Å².